The minimum Gasteiger partial charge on any atom is -0.508 e. The van der Waals surface area contributed by atoms with Crippen molar-refractivity contribution in [1.29, 1.82) is 0 Å². The van der Waals surface area contributed by atoms with Crippen molar-refractivity contribution in [2.45, 2.75) is 6.92 Å². The highest BCUT2D eigenvalue weighted by molar-refractivity contribution is 7.11. The Morgan fingerprint density at radius 2 is 2.18 bits per heavy atom. The average molecular weight is 244 g/mol. The summed E-state index contributed by atoms with van der Waals surface area (Å²) < 4.78 is 0. The number of ketones is 1. The molecule has 0 fully saturated rings. The van der Waals surface area contributed by atoms with Gasteiger partial charge in [-0.15, -0.1) is 11.3 Å². The van der Waals surface area contributed by atoms with Crippen LogP contribution < -0.4 is 0 Å². The normalized spacial score (nSPS) is 10.9. The maximum absolute atomic E-state index is 11.8. The topological polar surface area (TPSA) is 37.3 Å². The molecular weight excluding hydrogens is 232 g/mol. The van der Waals surface area contributed by atoms with E-state index in [0.29, 0.717) is 5.56 Å². The first-order valence-corrected chi connectivity index (χ1v) is 6.10. The summed E-state index contributed by atoms with van der Waals surface area (Å²) in [5.41, 5.74) is 1.66. The number of phenols is 1. The predicted molar refractivity (Wildman–Crippen MR) is 70.5 cm³/mol. The van der Waals surface area contributed by atoms with Crippen molar-refractivity contribution in [2.75, 3.05) is 0 Å². The summed E-state index contributed by atoms with van der Waals surface area (Å²) in [5, 5.41) is 11.3. The molecule has 1 aromatic heterocycles. The lowest BCUT2D eigenvalue weighted by Gasteiger charge is -1.96. The van der Waals surface area contributed by atoms with Gasteiger partial charge in [0.15, 0.2) is 5.78 Å². The Balaban J connectivity index is 2.17. The molecule has 0 radical (unpaired) electrons. The van der Waals surface area contributed by atoms with Gasteiger partial charge in [0.05, 0.1) is 0 Å². The maximum Gasteiger partial charge on any atom is 0.186 e. The summed E-state index contributed by atoms with van der Waals surface area (Å²) in [5.74, 6) is 0.00486. The lowest BCUT2D eigenvalue weighted by atomic mass is 10.1. The number of thiophene rings is 1. The molecule has 0 atom stereocenters. The monoisotopic (exact) mass is 244 g/mol. The molecule has 0 saturated heterocycles. The number of phenolic OH excluding ortho intramolecular Hbond substituents is 1. The van der Waals surface area contributed by atoms with E-state index in [-0.39, 0.29) is 11.5 Å². The van der Waals surface area contributed by atoms with Gasteiger partial charge in [-0.05, 0) is 48.2 Å². The molecule has 86 valence electrons. The van der Waals surface area contributed by atoms with E-state index in [2.05, 4.69) is 0 Å². The van der Waals surface area contributed by atoms with Crippen molar-refractivity contribution in [3.8, 4) is 5.75 Å². The number of rotatable bonds is 3. The van der Waals surface area contributed by atoms with Crippen LogP contribution in [-0.4, -0.2) is 10.9 Å². The number of hydrogen-bond acceptors (Lipinski definition) is 3. The highest BCUT2D eigenvalue weighted by Gasteiger charge is 2.02. The number of benzene rings is 1. The third kappa shape index (κ3) is 2.82. The van der Waals surface area contributed by atoms with Gasteiger partial charge in [0, 0.05) is 10.4 Å². The Bertz CT molecular complexity index is 567. The zero-order valence-corrected chi connectivity index (χ0v) is 10.2. The Kier molecular flexibility index (Phi) is 3.40. The number of carbonyl (C=O) groups is 1. The van der Waals surface area contributed by atoms with E-state index in [1.54, 1.807) is 29.5 Å². The molecule has 3 heteroatoms. The molecule has 0 aliphatic carbocycles. The fourth-order valence-corrected chi connectivity index (χ4v) is 2.28. The SMILES string of the molecule is Cc1ccsc1/C=C/C(=O)c1cccc(O)c1. The average Bonchev–Trinajstić information content (AvgIpc) is 2.72. The number of allylic oxidation sites excluding steroid dienone is 1. The van der Waals surface area contributed by atoms with Crippen molar-refractivity contribution in [2.24, 2.45) is 0 Å². The van der Waals surface area contributed by atoms with Gasteiger partial charge in [0.25, 0.3) is 0 Å². The van der Waals surface area contributed by atoms with Crippen LogP contribution in [0.3, 0.4) is 0 Å². The molecule has 0 amide bonds. The zero-order chi connectivity index (χ0) is 12.3. The van der Waals surface area contributed by atoms with Gasteiger partial charge in [-0.25, -0.2) is 0 Å². The number of carbonyl (C=O) groups excluding carboxylic acids is 1. The summed E-state index contributed by atoms with van der Waals surface area (Å²) >= 11 is 1.60. The molecule has 0 bridgehead atoms. The second-order valence-electron chi connectivity index (χ2n) is 3.72. The minimum absolute atomic E-state index is 0.103. The summed E-state index contributed by atoms with van der Waals surface area (Å²) in [6, 6.07) is 8.38. The van der Waals surface area contributed by atoms with E-state index in [1.165, 1.54) is 12.1 Å². The fraction of sp³-hybridized carbons (Fsp3) is 0.0714. The van der Waals surface area contributed by atoms with Crippen LogP contribution in [0.2, 0.25) is 0 Å². The Morgan fingerprint density at radius 1 is 1.35 bits per heavy atom. The number of hydrogen-bond donors (Lipinski definition) is 1. The highest BCUT2D eigenvalue weighted by Crippen LogP contribution is 2.18. The van der Waals surface area contributed by atoms with E-state index in [1.807, 2.05) is 24.4 Å². The Labute approximate surface area is 104 Å². The second kappa shape index (κ2) is 4.97. The molecule has 2 nitrogen and oxygen atoms in total. The smallest absolute Gasteiger partial charge is 0.186 e. The van der Waals surface area contributed by atoms with Crippen LogP contribution in [-0.2, 0) is 0 Å². The molecule has 0 saturated carbocycles. The van der Waals surface area contributed by atoms with Crippen molar-refractivity contribution in [3.63, 3.8) is 0 Å². The first-order chi connectivity index (χ1) is 8.16. The quantitative estimate of drug-likeness (QED) is 0.661. The molecular formula is C14H12O2S. The van der Waals surface area contributed by atoms with Crippen LogP contribution in [0.5, 0.6) is 5.75 Å². The number of aryl methyl sites for hydroxylation is 1. The van der Waals surface area contributed by atoms with Gasteiger partial charge >= 0.3 is 0 Å². The van der Waals surface area contributed by atoms with Crippen LogP contribution >= 0.6 is 11.3 Å². The molecule has 17 heavy (non-hydrogen) atoms. The zero-order valence-electron chi connectivity index (χ0n) is 9.38. The van der Waals surface area contributed by atoms with Gasteiger partial charge < -0.3 is 5.11 Å². The first kappa shape index (κ1) is 11.6. The Hall–Kier alpha value is -1.87. The summed E-state index contributed by atoms with van der Waals surface area (Å²) in [6.07, 6.45) is 3.35. The van der Waals surface area contributed by atoms with Crippen LogP contribution in [0.25, 0.3) is 6.08 Å². The summed E-state index contributed by atoms with van der Waals surface area (Å²) in [6.45, 7) is 2.01. The fourth-order valence-electron chi connectivity index (χ4n) is 1.46. The van der Waals surface area contributed by atoms with E-state index in [0.717, 1.165) is 10.4 Å². The van der Waals surface area contributed by atoms with Crippen LogP contribution in [0, 0.1) is 6.92 Å². The molecule has 1 aromatic carbocycles. The Morgan fingerprint density at radius 3 is 2.82 bits per heavy atom. The van der Waals surface area contributed by atoms with E-state index in [9.17, 15) is 9.90 Å². The maximum atomic E-state index is 11.8. The molecule has 0 spiro atoms. The van der Waals surface area contributed by atoms with Crippen molar-refractivity contribution >= 4 is 23.2 Å². The lowest BCUT2D eigenvalue weighted by molar-refractivity contribution is 0.104. The molecule has 2 rings (SSSR count). The van der Waals surface area contributed by atoms with Gasteiger partial charge in [-0.1, -0.05) is 12.1 Å². The van der Waals surface area contributed by atoms with E-state index in [4.69, 9.17) is 0 Å². The first-order valence-electron chi connectivity index (χ1n) is 5.22. The van der Waals surface area contributed by atoms with Crippen molar-refractivity contribution in [1.82, 2.24) is 0 Å². The minimum atomic E-state index is -0.103. The standard InChI is InChI=1S/C14H12O2S/c1-10-7-8-17-14(10)6-5-13(16)11-3-2-4-12(15)9-11/h2-9,15H,1H3/b6-5+. The number of aromatic hydroxyl groups is 1. The predicted octanol–water partition coefficient (Wildman–Crippen LogP) is 3.66. The van der Waals surface area contributed by atoms with Crippen molar-refractivity contribution < 1.29 is 9.90 Å². The van der Waals surface area contributed by atoms with Gasteiger partial charge in [0.2, 0.25) is 0 Å². The molecule has 0 aliphatic rings. The third-order valence-electron chi connectivity index (χ3n) is 2.42. The molecule has 0 aliphatic heterocycles. The van der Waals surface area contributed by atoms with E-state index < -0.39 is 0 Å². The van der Waals surface area contributed by atoms with Crippen LogP contribution in [0.4, 0.5) is 0 Å². The molecule has 1 N–H and O–H groups in total. The molecule has 2 aromatic rings. The van der Waals surface area contributed by atoms with Crippen LogP contribution in [0.15, 0.2) is 41.8 Å². The van der Waals surface area contributed by atoms with Crippen molar-refractivity contribution in [3.05, 3.63) is 57.8 Å². The van der Waals surface area contributed by atoms with Gasteiger partial charge in [-0.3, -0.25) is 4.79 Å². The molecule has 0 unspecified atom stereocenters. The molecule has 1 heterocycles. The third-order valence-corrected chi connectivity index (χ3v) is 3.40. The van der Waals surface area contributed by atoms with Gasteiger partial charge in [0.1, 0.15) is 5.75 Å². The lowest BCUT2D eigenvalue weighted by Crippen LogP contribution is -1.92. The highest BCUT2D eigenvalue weighted by atomic mass is 32.1. The summed E-state index contributed by atoms with van der Waals surface area (Å²) in [4.78, 5) is 12.9. The summed E-state index contributed by atoms with van der Waals surface area (Å²) in [7, 11) is 0. The van der Waals surface area contributed by atoms with Gasteiger partial charge in [-0.2, -0.15) is 0 Å². The second-order valence-corrected chi connectivity index (χ2v) is 4.66. The van der Waals surface area contributed by atoms with Crippen LogP contribution in [0.1, 0.15) is 20.8 Å². The largest absolute Gasteiger partial charge is 0.508 e. The van der Waals surface area contributed by atoms with E-state index >= 15 is 0 Å².